The smallest absolute Gasteiger partial charge is 0.221 e. The van der Waals surface area contributed by atoms with E-state index in [0.29, 0.717) is 6.42 Å². The Morgan fingerprint density at radius 1 is 1.21 bits per heavy atom. The first-order valence-electron chi connectivity index (χ1n) is 7.97. The average Bonchev–Trinajstić information content (AvgIpc) is 2.97. The lowest BCUT2D eigenvalue weighted by atomic mass is 10.0. The fraction of sp³-hybridized carbons (Fsp3) is 0.263. The number of hydrogen-bond acceptors (Lipinski definition) is 4. The van der Waals surface area contributed by atoms with E-state index in [1.807, 2.05) is 37.3 Å². The molecule has 1 amide bonds. The molecule has 0 aliphatic rings. The predicted molar refractivity (Wildman–Crippen MR) is 103 cm³/mol. The van der Waals surface area contributed by atoms with Gasteiger partial charge in [0.1, 0.15) is 0 Å². The van der Waals surface area contributed by atoms with E-state index < -0.39 is 0 Å². The van der Waals surface area contributed by atoms with Crippen molar-refractivity contribution in [1.29, 1.82) is 0 Å². The summed E-state index contributed by atoms with van der Waals surface area (Å²) in [6, 6.07) is 16.3. The Hall–Kier alpha value is -1.85. The highest BCUT2D eigenvalue weighted by atomic mass is 32.2. The molecular weight excluding hydrogens is 336 g/mol. The number of fused-ring (bicyclic) bond motifs is 1. The molecule has 0 fully saturated rings. The molecule has 3 aromatic rings. The molecule has 5 heteroatoms. The number of thiazole rings is 1. The van der Waals surface area contributed by atoms with Crippen LogP contribution >= 0.6 is 23.1 Å². The fourth-order valence-corrected chi connectivity index (χ4v) is 4.68. The van der Waals surface area contributed by atoms with E-state index in [2.05, 4.69) is 35.4 Å². The molecule has 0 spiro atoms. The van der Waals surface area contributed by atoms with Crippen LogP contribution in [0.4, 0.5) is 0 Å². The molecule has 3 nitrogen and oxygen atoms in total. The third kappa shape index (κ3) is 4.16. The van der Waals surface area contributed by atoms with Crippen molar-refractivity contribution in [3.63, 3.8) is 0 Å². The lowest BCUT2D eigenvalue weighted by Gasteiger charge is -2.16. The van der Waals surface area contributed by atoms with Gasteiger partial charge in [-0.1, -0.05) is 48.2 Å². The Kier molecular flexibility index (Phi) is 5.53. The number of hydrogen-bond donors (Lipinski definition) is 1. The van der Waals surface area contributed by atoms with E-state index in [-0.39, 0.29) is 11.9 Å². The van der Waals surface area contributed by atoms with Crippen molar-refractivity contribution >= 4 is 39.2 Å². The van der Waals surface area contributed by atoms with Crippen molar-refractivity contribution in [1.82, 2.24) is 10.3 Å². The van der Waals surface area contributed by atoms with Gasteiger partial charge in [-0.25, -0.2) is 4.98 Å². The summed E-state index contributed by atoms with van der Waals surface area (Å²) in [4.78, 5) is 16.7. The number of aromatic nitrogens is 1. The molecule has 1 heterocycles. The second-order valence-electron chi connectivity index (χ2n) is 5.69. The molecule has 3 rings (SSSR count). The molecule has 0 saturated heterocycles. The molecule has 0 bridgehead atoms. The van der Waals surface area contributed by atoms with Crippen LogP contribution < -0.4 is 5.32 Å². The number of amides is 1. The van der Waals surface area contributed by atoms with Crippen LogP contribution in [0.25, 0.3) is 10.2 Å². The second kappa shape index (κ2) is 7.81. The number of carbonyl (C=O) groups is 1. The SMILES string of the molecule is Cc1ccccc1[C@@H](C)NC(=O)CCSc1nc2ccccc2s1. The van der Waals surface area contributed by atoms with Gasteiger partial charge in [0.25, 0.3) is 0 Å². The molecule has 1 N–H and O–H groups in total. The van der Waals surface area contributed by atoms with Crippen molar-refractivity contribution in [3.8, 4) is 0 Å². The minimum absolute atomic E-state index is 0.0335. The Balaban J connectivity index is 1.49. The van der Waals surface area contributed by atoms with Crippen LogP contribution in [0, 0.1) is 6.92 Å². The van der Waals surface area contributed by atoms with Gasteiger partial charge in [0.2, 0.25) is 5.91 Å². The summed E-state index contributed by atoms with van der Waals surface area (Å²) < 4.78 is 2.22. The molecule has 0 aliphatic heterocycles. The number of nitrogens with one attached hydrogen (secondary N) is 1. The number of carbonyl (C=O) groups excluding carboxylic acids is 1. The van der Waals surface area contributed by atoms with Gasteiger partial charge in [0.05, 0.1) is 16.3 Å². The Labute approximate surface area is 150 Å². The number of benzene rings is 2. The number of nitrogens with zero attached hydrogens (tertiary/aromatic N) is 1. The lowest BCUT2D eigenvalue weighted by Crippen LogP contribution is -2.27. The molecule has 1 aromatic heterocycles. The number of thioether (sulfide) groups is 1. The lowest BCUT2D eigenvalue weighted by molar-refractivity contribution is -0.121. The van der Waals surface area contributed by atoms with Crippen LogP contribution in [-0.4, -0.2) is 16.6 Å². The third-order valence-corrected chi connectivity index (χ3v) is 6.04. The summed E-state index contributed by atoms with van der Waals surface area (Å²) in [5, 5.41) is 3.08. The minimum Gasteiger partial charge on any atom is -0.350 e. The van der Waals surface area contributed by atoms with E-state index in [9.17, 15) is 4.79 Å². The maximum Gasteiger partial charge on any atom is 0.221 e. The quantitative estimate of drug-likeness (QED) is 0.634. The van der Waals surface area contributed by atoms with Crippen LogP contribution in [0.1, 0.15) is 30.5 Å². The Bertz CT molecular complexity index is 811. The molecule has 124 valence electrons. The average molecular weight is 357 g/mol. The topological polar surface area (TPSA) is 42.0 Å². The maximum absolute atomic E-state index is 12.2. The standard InChI is InChI=1S/C19H20N2OS2/c1-13-7-3-4-8-15(13)14(2)20-18(22)11-12-23-19-21-16-9-5-6-10-17(16)24-19/h3-10,14H,11-12H2,1-2H3,(H,20,22)/t14-/m1/s1. The van der Waals surface area contributed by atoms with Gasteiger partial charge in [-0.15, -0.1) is 11.3 Å². The second-order valence-corrected chi connectivity index (χ2v) is 8.06. The van der Waals surface area contributed by atoms with Gasteiger partial charge in [-0.3, -0.25) is 4.79 Å². The van der Waals surface area contributed by atoms with Gasteiger partial charge < -0.3 is 5.32 Å². The Morgan fingerprint density at radius 3 is 2.75 bits per heavy atom. The fourth-order valence-electron chi connectivity index (χ4n) is 2.61. The first-order chi connectivity index (χ1) is 11.6. The molecule has 0 saturated carbocycles. The van der Waals surface area contributed by atoms with Crippen molar-refractivity contribution in [2.75, 3.05) is 5.75 Å². The molecule has 0 unspecified atom stereocenters. The first kappa shape index (κ1) is 17.0. The van der Waals surface area contributed by atoms with E-state index in [0.717, 1.165) is 15.6 Å². The summed E-state index contributed by atoms with van der Waals surface area (Å²) in [6.45, 7) is 4.10. The van der Waals surface area contributed by atoms with E-state index in [1.54, 1.807) is 23.1 Å². The molecule has 24 heavy (non-hydrogen) atoms. The monoisotopic (exact) mass is 356 g/mol. The highest BCUT2D eigenvalue weighted by molar-refractivity contribution is 8.01. The van der Waals surface area contributed by atoms with Crippen LogP contribution in [0.3, 0.4) is 0 Å². The van der Waals surface area contributed by atoms with Crippen LogP contribution in [-0.2, 0) is 4.79 Å². The Morgan fingerprint density at radius 2 is 1.96 bits per heavy atom. The summed E-state index contributed by atoms with van der Waals surface area (Å²) in [7, 11) is 0. The van der Waals surface area contributed by atoms with Gasteiger partial charge in [-0.05, 0) is 37.1 Å². The van der Waals surface area contributed by atoms with Crippen molar-refractivity contribution < 1.29 is 4.79 Å². The third-order valence-electron chi connectivity index (χ3n) is 3.86. The van der Waals surface area contributed by atoms with Gasteiger partial charge >= 0.3 is 0 Å². The minimum atomic E-state index is 0.0335. The zero-order valence-corrected chi connectivity index (χ0v) is 15.4. The molecule has 2 aromatic carbocycles. The van der Waals surface area contributed by atoms with Gasteiger partial charge in [-0.2, -0.15) is 0 Å². The maximum atomic E-state index is 12.2. The van der Waals surface area contributed by atoms with E-state index in [4.69, 9.17) is 0 Å². The summed E-state index contributed by atoms with van der Waals surface area (Å²) >= 11 is 3.33. The molecule has 1 atom stereocenters. The summed E-state index contributed by atoms with van der Waals surface area (Å²) in [5.74, 6) is 0.825. The number of para-hydroxylation sites is 1. The highest BCUT2D eigenvalue weighted by Crippen LogP contribution is 2.29. The van der Waals surface area contributed by atoms with Crippen molar-refractivity contribution in [2.45, 2.75) is 30.6 Å². The molecule has 0 aliphatic carbocycles. The van der Waals surface area contributed by atoms with Crippen molar-refractivity contribution in [3.05, 3.63) is 59.7 Å². The normalized spacial score (nSPS) is 12.2. The van der Waals surface area contributed by atoms with E-state index in [1.165, 1.54) is 15.8 Å². The number of rotatable bonds is 6. The van der Waals surface area contributed by atoms with Gasteiger partial charge in [0, 0.05) is 12.2 Å². The van der Waals surface area contributed by atoms with Gasteiger partial charge in [0.15, 0.2) is 4.34 Å². The summed E-state index contributed by atoms with van der Waals surface area (Å²) in [6.07, 6.45) is 0.497. The highest BCUT2D eigenvalue weighted by Gasteiger charge is 2.12. The predicted octanol–water partition coefficient (Wildman–Crippen LogP) is 4.96. The zero-order chi connectivity index (χ0) is 16.9. The van der Waals surface area contributed by atoms with E-state index >= 15 is 0 Å². The number of aryl methyl sites for hydroxylation is 1. The zero-order valence-electron chi connectivity index (χ0n) is 13.8. The van der Waals surface area contributed by atoms with Crippen LogP contribution in [0.15, 0.2) is 52.9 Å². The van der Waals surface area contributed by atoms with Crippen molar-refractivity contribution in [2.24, 2.45) is 0 Å². The summed E-state index contributed by atoms with van der Waals surface area (Å²) in [5.41, 5.74) is 3.40. The molecule has 0 radical (unpaired) electrons. The largest absolute Gasteiger partial charge is 0.350 e. The molecular formula is C19H20N2OS2. The van der Waals surface area contributed by atoms with Crippen LogP contribution in [0.2, 0.25) is 0 Å². The van der Waals surface area contributed by atoms with Crippen LogP contribution in [0.5, 0.6) is 0 Å². The first-order valence-corrected chi connectivity index (χ1v) is 9.77.